The summed E-state index contributed by atoms with van der Waals surface area (Å²) < 4.78 is 0. The van der Waals surface area contributed by atoms with Crippen LogP contribution < -0.4 is 5.32 Å². The second-order valence-corrected chi connectivity index (χ2v) is 5.31. The molecule has 1 fully saturated rings. The van der Waals surface area contributed by atoms with Gasteiger partial charge in [-0.1, -0.05) is 19.3 Å². The minimum Gasteiger partial charge on any atom is -0.339 e. The second-order valence-electron chi connectivity index (χ2n) is 5.31. The van der Waals surface area contributed by atoms with Crippen LogP contribution in [-0.2, 0) is 4.79 Å². The van der Waals surface area contributed by atoms with Crippen LogP contribution in [0.2, 0.25) is 0 Å². The Hall–Kier alpha value is -0.610. The summed E-state index contributed by atoms with van der Waals surface area (Å²) in [5.74, 6) is 0.294. The van der Waals surface area contributed by atoms with Crippen LogP contribution in [0.25, 0.3) is 0 Å². The van der Waals surface area contributed by atoms with Gasteiger partial charge in [0.15, 0.2) is 0 Å². The fourth-order valence-corrected chi connectivity index (χ4v) is 2.73. The van der Waals surface area contributed by atoms with E-state index in [-0.39, 0.29) is 0 Å². The van der Waals surface area contributed by atoms with E-state index in [0.29, 0.717) is 18.5 Å². The minimum absolute atomic E-state index is 0.294. The Morgan fingerprint density at radius 3 is 2.50 bits per heavy atom. The monoisotopic (exact) mass is 255 g/mol. The van der Waals surface area contributed by atoms with E-state index in [2.05, 4.69) is 22.0 Å². The molecule has 0 aromatic rings. The predicted octanol–water partition coefficient (Wildman–Crippen LogP) is 1.32. The number of nitrogens with one attached hydrogen (secondary N) is 1. The number of likely N-dealkylation sites (N-methyl/N-ethyl adjacent to an activating group) is 3. The first kappa shape index (κ1) is 15.4. The van der Waals surface area contributed by atoms with Crippen LogP contribution >= 0.6 is 0 Å². The molecule has 1 N–H and O–H groups in total. The van der Waals surface area contributed by atoms with Gasteiger partial charge in [0.25, 0.3) is 0 Å². The van der Waals surface area contributed by atoms with Crippen molar-refractivity contribution in [2.75, 3.05) is 40.3 Å². The Kier molecular flexibility index (Phi) is 7.28. The molecule has 0 heterocycles. The maximum absolute atomic E-state index is 12.3. The molecule has 18 heavy (non-hydrogen) atoms. The van der Waals surface area contributed by atoms with E-state index >= 15 is 0 Å². The Morgan fingerprint density at radius 2 is 1.94 bits per heavy atom. The Labute approximate surface area is 112 Å². The summed E-state index contributed by atoms with van der Waals surface area (Å²) in [6.45, 7) is 5.35. The van der Waals surface area contributed by atoms with Gasteiger partial charge in [-0.2, -0.15) is 0 Å². The number of rotatable bonds is 7. The molecule has 0 spiro atoms. The van der Waals surface area contributed by atoms with E-state index in [1.807, 2.05) is 14.1 Å². The van der Waals surface area contributed by atoms with Gasteiger partial charge in [-0.25, -0.2) is 0 Å². The van der Waals surface area contributed by atoms with Crippen LogP contribution in [0.15, 0.2) is 0 Å². The molecular formula is C14H29N3O. The average molecular weight is 255 g/mol. The van der Waals surface area contributed by atoms with Crippen LogP contribution in [0.3, 0.4) is 0 Å². The van der Waals surface area contributed by atoms with Crippen molar-refractivity contribution in [3.05, 3.63) is 0 Å². The molecule has 0 atom stereocenters. The minimum atomic E-state index is 0.294. The van der Waals surface area contributed by atoms with Crippen LogP contribution in [0.1, 0.15) is 39.0 Å². The fourth-order valence-electron chi connectivity index (χ4n) is 2.73. The summed E-state index contributed by atoms with van der Waals surface area (Å²) in [6.07, 6.45) is 6.29. The van der Waals surface area contributed by atoms with Crippen molar-refractivity contribution in [2.24, 2.45) is 0 Å². The lowest BCUT2D eigenvalue weighted by Gasteiger charge is -2.34. The molecule has 1 amide bonds. The van der Waals surface area contributed by atoms with Crippen molar-refractivity contribution in [2.45, 2.75) is 45.1 Å². The quantitative estimate of drug-likeness (QED) is 0.745. The highest BCUT2D eigenvalue weighted by molar-refractivity contribution is 5.78. The molecule has 106 valence electrons. The highest BCUT2D eigenvalue weighted by atomic mass is 16.2. The molecule has 0 unspecified atom stereocenters. The standard InChI is InChI=1S/C14H29N3O/c1-4-17(13-8-6-5-7-9-13)14(18)12-16(3)11-10-15-2/h13,15H,4-12H2,1-3H3. The molecule has 1 saturated carbocycles. The molecule has 0 aromatic carbocycles. The average Bonchev–Trinajstić information content (AvgIpc) is 2.38. The Bertz CT molecular complexity index is 239. The predicted molar refractivity (Wildman–Crippen MR) is 75.7 cm³/mol. The van der Waals surface area contributed by atoms with Gasteiger partial charge in [0.1, 0.15) is 0 Å². The van der Waals surface area contributed by atoms with Gasteiger partial charge in [0, 0.05) is 25.7 Å². The first-order chi connectivity index (χ1) is 8.69. The van der Waals surface area contributed by atoms with Gasteiger partial charge in [0.05, 0.1) is 6.54 Å². The van der Waals surface area contributed by atoms with Crippen molar-refractivity contribution in [3.8, 4) is 0 Å². The maximum Gasteiger partial charge on any atom is 0.236 e. The topological polar surface area (TPSA) is 35.6 Å². The van der Waals surface area contributed by atoms with Crippen molar-refractivity contribution >= 4 is 5.91 Å². The second kappa shape index (κ2) is 8.48. The van der Waals surface area contributed by atoms with E-state index in [1.54, 1.807) is 0 Å². The summed E-state index contributed by atoms with van der Waals surface area (Å²) in [5.41, 5.74) is 0. The largest absolute Gasteiger partial charge is 0.339 e. The number of carbonyl (C=O) groups excluding carboxylic acids is 1. The smallest absolute Gasteiger partial charge is 0.236 e. The molecular weight excluding hydrogens is 226 g/mol. The van der Waals surface area contributed by atoms with Crippen molar-refractivity contribution < 1.29 is 4.79 Å². The van der Waals surface area contributed by atoms with Gasteiger partial charge in [-0.15, -0.1) is 0 Å². The zero-order valence-corrected chi connectivity index (χ0v) is 12.2. The number of hydrogen-bond donors (Lipinski definition) is 1. The van der Waals surface area contributed by atoms with Gasteiger partial charge < -0.3 is 10.2 Å². The zero-order chi connectivity index (χ0) is 13.4. The first-order valence-corrected chi connectivity index (χ1v) is 7.31. The maximum atomic E-state index is 12.3. The highest BCUT2D eigenvalue weighted by Crippen LogP contribution is 2.22. The first-order valence-electron chi connectivity index (χ1n) is 7.31. The molecule has 0 aliphatic heterocycles. The van der Waals surface area contributed by atoms with E-state index in [1.165, 1.54) is 32.1 Å². The third-order valence-corrected chi connectivity index (χ3v) is 3.83. The molecule has 4 nitrogen and oxygen atoms in total. The fraction of sp³-hybridized carbons (Fsp3) is 0.929. The van der Waals surface area contributed by atoms with E-state index in [4.69, 9.17) is 0 Å². The summed E-state index contributed by atoms with van der Waals surface area (Å²) in [6, 6.07) is 0.494. The molecule has 1 aliphatic carbocycles. The number of carbonyl (C=O) groups is 1. The summed E-state index contributed by atoms with van der Waals surface area (Å²) in [4.78, 5) is 16.5. The van der Waals surface area contributed by atoms with Crippen molar-refractivity contribution in [1.82, 2.24) is 15.1 Å². The Morgan fingerprint density at radius 1 is 1.28 bits per heavy atom. The number of amides is 1. The lowest BCUT2D eigenvalue weighted by Crippen LogP contribution is -2.46. The molecule has 0 aromatic heterocycles. The molecule has 1 rings (SSSR count). The molecule has 0 saturated heterocycles. The number of hydrogen-bond acceptors (Lipinski definition) is 3. The van der Waals surface area contributed by atoms with Crippen molar-refractivity contribution in [3.63, 3.8) is 0 Å². The Balaban J connectivity index is 2.40. The summed E-state index contributed by atoms with van der Waals surface area (Å²) in [7, 11) is 3.96. The lowest BCUT2D eigenvalue weighted by molar-refractivity contribution is -0.134. The van der Waals surface area contributed by atoms with E-state index in [0.717, 1.165) is 19.6 Å². The van der Waals surface area contributed by atoms with Crippen LogP contribution in [0.4, 0.5) is 0 Å². The van der Waals surface area contributed by atoms with E-state index in [9.17, 15) is 4.79 Å². The van der Waals surface area contributed by atoms with Gasteiger partial charge in [-0.05, 0) is 33.9 Å². The van der Waals surface area contributed by atoms with E-state index < -0.39 is 0 Å². The highest BCUT2D eigenvalue weighted by Gasteiger charge is 2.24. The van der Waals surface area contributed by atoms with Gasteiger partial charge >= 0.3 is 0 Å². The van der Waals surface area contributed by atoms with Gasteiger partial charge in [-0.3, -0.25) is 9.69 Å². The van der Waals surface area contributed by atoms with Gasteiger partial charge in [0.2, 0.25) is 5.91 Å². The van der Waals surface area contributed by atoms with Crippen molar-refractivity contribution in [1.29, 1.82) is 0 Å². The number of nitrogens with zero attached hydrogens (tertiary/aromatic N) is 2. The van der Waals surface area contributed by atoms with Crippen LogP contribution in [0.5, 0.6) is 0 Å². The zero-order valence-electron chi connectivity index (χ0n) is 12.2. The molecule has 0 radical (unpaired) electrons. The lowest BCUT2D eigenvalue weighted by atomic mass is 9.94. The molecule has 0 bridgehead atoms. The van der Waals surface area contributed by atoms with Crippen LogP contribution in [-0.4, -0.2) is 62.0 Å². The summed E-state index contributed by atoms with van der Waals surface area (Å²) in [5, 5.41) is 3.11. The third kappa shape index (κ3) is 4.94. The SMILES string of the molecule is CCN(C(=O)CN(C)CCNC)C1CCCCC1. The molecule has 4 heteroatoms. The normalized spacial score (nSPS) is 17.1. The molecule has 1 aliphatic rings. The summed E-state index contributed by atoms with van der Waals surface area (Å²) >= 11 is 0. The third-order valence-electron chi connectivity index (χ3n) is 3.83. The van der Waals surface area contributed by atoms with Crippen LogP contribution in [0, 0.1) is 0 Å².